The van der Waals surface area contributed by atoms with E-state index in [1.165, 1.54) is 0 Å². The molecule has 3 rings (SSSR count). The summed E-state index contributed by atoms with van der Waals surface area (Å²) >= 11 is 0. The van der Waals surface area contributed by atoms with Crippen molar-refractivity contribution in [2.75, 3.05) is 18.5 Å². The predicted octanol–water partition coefficient (Wildman–Crippen LogP) is 3.64. The Morgan fingerprint density at radius 1 is 1.14 bits per heavy atom. The van der Waals surface area contributed by atoms with Gasteiger partial charge in [-0.15, -0.1) is 0 Å². The van der Waals surface area contributed by atoms with Gasteiger partial charge < -0.3 is 19.9 Å². The average molecular weight is 378 g/mol. The predicted molar refractivity (Wildman–Crippen MR) is 110 cm³/mol. The van der Waals surface area contributed by atoms with Gasteiger partial charge in [0.25, 0.3) is 0 Å². The Morgan fingerprint density at radius 3 is 2.68 bits per heavy atom. The summed E-state index contributed by atoms with van der Waals surface area (Å²) in [5.74, 6) is 0.561. The van der Waals surface area contributed by atoms with E-state index in [2.05, 4.69) is 15.6 Å². The highest BCUT2D eigenvalue weighted by atomic mass is 16.5. The molecule has 0 aliphatic rings. The van der Waals surface area contributed by atoms with Gasteiger partial charge in [-0.3, -0.25) is 4.79 Å². The molecule has 146 valence electrons. The largest absolute Gasteiger partial charge is 0.492 e. The van der Waals surface area contributed by atoms with Gasteiger partial charge in [0, 0.05) is 18.9 Å². The van der Waals surface area contributed by atoms with Crippen LogP contribution in [0.15, 0.2) is 73.3 Å². The highest BCUT2D eigenvalue weighted by Crippen LogP contribution is 2.25. The molecule has 1 heterocycles. The number of nitrogens with one attached hydrogen (secondary N) is 2. The van der Waals surface area contributed by atoms with Gasteiger partial charge in [-0.2, -0.15) is 0 Å². The molecular weight excluding hydrogens is 352 g/mol. The van der Waals surface area contributed by atoms with Crippen LogP contribution >= 0.6 is 0 Å². The number of benzene rings is 2. The van der Waals surface area contributed by atoms with E-state index < -0.39 is 6.04 Å². The Bertz CT molecular complexity index is 850. The maximum absolute atomic E-state index is 13.0. The van der Waals surface area contributed by atoms with Gasteiger partial charge in [0.2, 0.25) is 5.91 Å². The third-order valence-electron chi connectivity index (χ3n) is 4.34. The first-order chi connectivity index (χ1) is 13.8. The molecule has 0 unspecified atom stereocenters. The highest BCUT2D eigenvalue weighted by Gasteiger charge is 2.21. The van der Waals surface area contributed by atoms with E-state index in [1.807, 2.05) is 72.3 Å². The Kier molecular flexibility index (Phi) is 7.21. The number of nitrogens with zero attached hydrogens (tertiary/aromatic N) is 2. The van der Waals surface area contributed by atoms with Crippen LogP contribution in [0.4, 0.5) is 5.69 Å². The van der Waals surface area contributed by atoms with Crippen molar-refractivity contribution >= 4 is 11.6 Å². The molecular formula is C22H26N4O2. The van der Waals surface area contributed by atoms with E-state index in [-0.39, 0.29) is 5.91 Å². The zero-order valence-electron chi connectivity index (χ0n) is 16.0. The van der Waals surface area contributed by atoms with E-state index in [4.69, 9.17) is 4.74 Å². The normalized spacial score (nSPS) is 11.8. The summed E-state index contributed by atoms with van der Waals surface area (Å²) in [6.07, 6.45) is 6.39. The van der Waals surface area contributed by atoms with Crippen LogP contribution in [0.3, 0.4) is 0 Å². The van der Waals surface area contributed by atoms with Gasteiger partial charge in [0.1, 0.15) is 11.8 Å². The number of para-hydroxylation sites is 2. The molecule has 1 atom stereocenters. The minimum Gasteiger partial charge on any atom is -0.492 e. The number of ether oxygens (including phenoxy) is 1. The van der Waals surface area contributed by atoms with Crippen molar-refractivity contribution < 1.29 is 9.53 Å². The van der Waals surface area contributed by atoms with Crippen molar-refractivity contribution in [3.05, 3.63) is 78.9 Å². The molecule has 1 amide bonds. The minimum absolute atomic E-state index is 0.110. The number of hydrogen-bond donors (Lipinski definition) is 2. The van der Waals surface area contributed by atoms with Gasteiger partial charge in [0.05, 0.1) is 18.6 Å². The molecule has 2 aromatic carbocycles. The van der Waals surface area contributed by atoms with Crippen LogP contribution in [0.5, 0.6) is 5.75 Å². The topological polar surface area (TPSA) is 68.2 Å². The first kappa shape index (κ1) is 19.6. The van der Waals surface area contributed by atoms with Crippen LogP contribution in [0.25, 0.3) is 0 Å². The van der Waals surface area contributed by atoms with E-state index in [1.54, 1.807) is 12.5 Å². The van der Waals surface area contributed by atoms with E-state index in [0.29, 0.717) is 24.6 Å². The lowest BCUT2D eigenvalue weighted by atomic mass is 10.1. The fourth-order valence-corrected chi connectivity index (χ4v) is 2.99. The first-order valence-corrected chi connectivity index (χ1v) is 9.54. The van der Waals surface area contributed by atoms with Gasteiger partial charge in [-0.1, -0.05) is 42.5 Å². The zero-order valence-corrected chi connectivity index (χ0v) is 16.0. The fourth-order valence-electron chi connectivity index (χ4n) is 2.99. The maximum atomic E-state index is 13.0. The molecule has 0 saturated heterocycles. The fraction of sp³-hybridized carbons (Fsp3) is 0.273. The number of rotatable bonds is 10. The Hall–Kier alpha value is -3.12. The molecule has 0 aliphatic heterocycles. The van der Waals surface area contributed by atoms with Gasteiger partial charge in [0.15, 0.2) is 0 Å². The van der Waals surface area contributed by atoms with Gasteiger partial charge >= 0.3 is 0 Å². The smallest absolute Gasteiger partial charge is 0.246 e. The van der Waals surface area contributed by atoms with Crippen LogP contribution < -0.4 is 15.4 Å². The molecule has 0 saturated carbocycles. The molecule has 0 spiro atoms. The van der Waals surface area contributed by atoms with Crippen LogP contribution in [0, 0.1) is 0 Å². The summed E-state index contributed by atoms with van der Waals surface area (Å²) < 4.78 is 7.64. The van der Waals surface area contributed by atoms with E-state index in [0.717, 1.165) is 18.5 Å². The minimum atomic E-state index is -0.446. The quantitative estimate of drug-likeness (QED) is 0.529. The Morgan fingerprint density at radius 2 is 1.93 bits per heavy atom. The summed E-state index contributed by atoms with van der Waals surface area (Å²) in [5.41, 5.74) is 1.60. The molecule has 0 radical (unpaired) electrons. The summed E-state index contributed by atoms with van der Waals surface area (Å²) in [5, 5.41) is 6.39. The summed E-state index contributed by atoms with van der Waals surface area (Å²) in [6.45, 7) is 4.02. The molecule has 28 heavy (non-hydrogen) atoms. The number of carbonyl (C=O) groups is 1. The summed E-state index contributed by atoms with van der Waals surface area (Å²) in [4.78, 5) is 17.1. The van der Waals surface area contributed by atoms with Crippen molar-refractivity contribution in [3.63, 3.8) is 0 Å². The van der Waals surface area contributed by atoms with Crippen LogP contribution in [-0.4, -0.2) is 28.6 Å². The number of carbonyl (C=O) groups excluding carboxylic acids is 1. The van der Waals surface area contributed by atoms with E-state index >= 15 is 0 Å². The first-order valence-electron chi connectivity index (χ1n) is 9.54. The monoisotopic (exact) mass is 378 g/mol. The lowest BCUT2D eigenvalue weighted by Gasteiger charge is -2.20. The van der Waals surface area contributed by atoms with Gasteiger partial charge in [-0.05, 0) is 37.6 Å². The lowest BCUT2D eigenvalue weighted by molar-refractivity contribution is -0.118. The second-order valence-electron chi connectivity index (χ2n) is 6.37. The Labute approximate surface area is 165 Å². The molecule has 6 nitrogen and oxygen atoms in total. The molecule has 0 aliphatic carbocycles. The van der Waals surface area contributed by atoms with Crippen molar-refractivity contribution in [3.8, 4) is 5.75 Å². The molecule has 1 aromatic heterocycles. The Balaban J connectivity index is 1.67. The number of anilines is 1. The van der Waals surface area contributed by atoms with Crippen LogP contribution in [0.1, 0.15) is 24.9 Å². The summed E-state index contributed by atoms with van der Waals surface area (Å²) in [7, 11) is 0. The average Bonchev–Trinajstić information content (AvgIpc) is 3.24. The maximum Gasteiger partial charge on any atom is 0.246 e. The number of amides is 1. The zero-order chi connectivity index (χ0) is 19.6. The molecule has 0 fully saturated rings. The lowest BCUT2D eigenvalue weighted by Crippen LogP contribution is -2.34. The third kappa shape index (κ3) is 5.44. The van der Waals surface area contributed by atoms with Crippen LogP contribution in [-0.2, 0) is 11.3 Å². The second-order valence-corrected chi connectivity index (χ2v) is 6.37. The SMILES string of the molecule is CCOc1ccccc1NC(=O)[C@@H](NCCCn1ccnc1)c1ccccc1. The third-order valence-corrected chi connectivity index (χ3v) is 4.34. The summed E-state index contributed by atoms with van der Waals surface area (Å²) in [6, 6.07) is 16.8. The van der Waals surface area contributed by atoms with Crippen molar-refractivity contribution in [2.45, 2.75) is 25.9 Å². The van der Waals surface area contributed by atoms with Crippen molar-refractivity contribution in [2.24, 2.45) is 0 Å². The number of imidazole rings is 1. The van der Waals surface area contributed by atoms with Crippen molar-refractivity contribution in [1.82, 2.24) is 14.9 Å². The molecule has 0 bridgehead atoms. The number of aromatic nitrogens is 2. The number of aryl methyl sites for hydroxylation is 1. The second kappa shape index (κ2) is 10.3. The number of hydrogen-bond acceptors (Lipinski definition) is 4. The molecule has 3 aromatic rings. The molecule has 2 N–H and O–H groups in total. The highest BCUT2D eigenvalue weighted by molar-refractivity contribution is 5.96. The van der Waals surface area contributed by atoms with Crippen LogP contribution in [0.2, 0.25) is 0 Å². The molecule has 6 heteroatoms. The van der Waals surface area contributed by atoms with Gasteiger partial charge in [-0.25, -0.2) is 4.98 Å². The standard InChI is InChI=1S/C22H26N4O2/c1-2-28-20-12-7-6-11-19(20)25-22(27)21(18-9-4-3-5-10-18)24-13-8-15-26-16-14-23-17-26/h3-7,9-12,14,16-17,21,24H,2,8,13,15H2,1H3,(H,25,27)/t21-/m0/s1. The van der Waals surface area contributed by atoms with E-state index in [9.17, 15) is 4.79 Å². The van der Waals surface area contributed by atoms with Crippen molar-refractivity contribution in [1.29, 1.82) is 0 Å².